The number of anilines is 2. The van der Waals surface area contributed by atoms with Crippen LogP contribution >= 0.6 is 11.3 Å². The zero-order valence-electron chi connectivity index (χ0n) is 41.7. The minimum atomic E-state index is -2.28. The second-order valence-corrected chi connectivity index (χ2v) is 19.4. The number of morpholine rings is 1. The number of nitrogens with zero attached hydrogens (tertiary/aromatic N) is 4. The number of carbonyl (C=O) groups excluding carboxylic acids is 6. The van der Waals surface area contributed by atoms with E-state index < -0.39 is 88.8 Å². The number of hydrogen-bond donors (Lipinski definition) is 2. The number of ether oxygens (including phenoxy) is 5. The highest BCUT2D eigenvalue weighted by molar-refractivity contribution is 7.22. The van der Waals surface area contributed by atoms with E-state index in [0.29, 0.717) is 33.5 Å². The van der Waals surface area contributed by atoms with Gasteiger partial charge in [-0.25, -0.2) is 14.7 Å². The van der Waals surface area contributed by atoms with Gasteiger partial charge in [0.2, 0.25) is 11.8 Å². The fourth-order valence-corrected chi connectivity index (χ4v) is 11.6. The minimum absolute atomic E-state index is 0.0315. The van der Waals surface area contributed by atoms with Crippen molar-refractivity contribution in [1.82, 2.24) is 9.88 Å². The molecule has 6 unspecified atom stereocenters. The van der Waals surface area contributed by atoms with Crippen LogP contribution in [0.3, 0.4) is 0 Å². The first-order valence-electron chi connectivity index (χ1n) is 24.5. The van der Waals surface area contributed by atoms with Crippen molar-refractivity contribution < 1.29 is 62.5 Å². The second-order valence-electron chi connectivity index (χ2n) is 18.3. The van der Waals surface area contributed by atoms with Gasteiger partial charge in [-0.1, -0.05) is 108 Å². The highest BCUT2D eigenvalue weighted by Crippen LogP contribution is 2.66. The van der Waals surface area contributed by atoms with E-state index in [2.05, 4.69) is 17.2 Å². The molecule has 1 aromatic heterocycles. The fourth-order valence-electron chi connectivity index (χ4n) is 10.7. The lowest BCUT2D eigenvalue weighted by Crippen LogP contribution is -2.54. The van der Waals surface area contributed by atoms with Gasteiger partial charge < -0.3 is 34.1 Å². The van der Waals surface area contributed by atoms with Crippen LogP contribution in [-0.2, 0) is 54.9 Å². The first-order chi connectivity index (χ1) is 37.9. The smallest absolute Gasteiger partial charge is 0.421 e. The average Bonchev–Trinajstić information content (AvgIpc) is 2.35. The number of cyclic esters (lactones) is 1. The van der Waals surface area contributed by atoms with E-state index >= 15 is 14.4 Å². The molecule has 7 aromatic rings. The van der Waals surface area contributed by atoms with Crippen LogP contribution in [0, 0.1) is 33.8 Å². The van der Waals surface area contributed by atoms with E-state index in [0.717, 1.165) is 23.8 Å². The number of aliphatic hydroxyl groups is 1. The molecule has 10 rings (SSSR count). The molecule has 3 aliphatic heterocycles. The normalized spacial score (nSPS) is 20.3. The Morgan fingerprint density at radius 2 is 1.50 bits per heavy atom. The fraction of sp³-hybridized carbons (Fsp3) is 0.224. The van der Waals surface area contributed by atoms with E-state index in [-0.39, 0.29) is 47.3 Å². The number of methoxy groups -OCH3 is 2. The maximum absolute atomic E-state index is 16.7. The van der Waals surface area contributed by atoms with Gasteiger partial charge in [-0.15, -0.1) is 0 Å². The molecule has 394 valence electrons. The Morgan fingerprint density at radius 1 is 0.833 bits per heavy atom. The third kappa shape index (κ3) is 9.55. The summed E-state index contributed by atoms with van der Waals surface area (Å²) in [5.74, 6) is -1.37. The van der Waals surface area contributed by atoms with Crippen molar-refractivity contribution in [2.45, 2.75) is 42.7 Å². The lowest BCUT2D eigenvalue weighted by atomic mass is 9.65. The molecule has 1 spiro atoms. The highest BCUT2D eigenvalue weighted by Gasteiger charge is 2.76. The van der Waals surface area contributed by atoms with E-state index in [1.165, 1.54) is 53.8 Å². The van der Waals surface area contributed by atoms with Crippen LogP contribution in [0.1, 0.15) is 58.0 Å². The number of fused-ring (bicyclic) bond motifs is 4. The number of esters is 3. The molecule has 2 saturated heterocycles. The quantitative estimate of drug-likeness (QED) is 0.0262. The molecule has 19 nitrogen and oxygen atoms in total. The third-order valence-electron chi connectivity index (χ3n) is 14.0. The van der Waals surface area contributed by atoms with Gasteiger partial charge in [0, 0.05) is 24.1 Å². The molecule has 0 saturated carbocycles. The molecule has 20 heteroatoms. The first kappa shape index (κ1) is 52.2. The summed E-state index contributed by atoms with van der Waals surface area (Å²) in [5, 5.41) is 24.3. The standard InChI is InChI=1S/C58H47N5O14S/c1-73-52(66)41(53(67)74-2)17-11-12-34-22-29-44-42(32-34)58(55(69)61(44)57(70)76-33-35-20-25-39(26-21-35)63(71)72)46(51(65)60-56-59-43-18-9-10-19-45(43)78-56)48-54(68)77-49(37-15-7-4-8-16-37)47(36-13-5-3-6-14-36)62(48)50(58)38-23-27-40(28-24-38)75-31-30-64/h3-10,13-16,18-29,32,41,46-50,64H,17,30-31,33H2,1-2H3,(H,59,60,65). The van der Waals surface area contributed by atoms with Crippen LogP contribution in [0.5, 0.6) is 5.75 Å². The Bertz CT molecular complexity index is 3480. The van der Waals surface area contributed by atoms with Gasteiger partial charge in [0.15, 0.2) is 11.0 Å². The lowest BCUT2D eigenvalue weighted by molar-refractivity contribution is -0.384. The summed E-state index contributed by atoms with van der Waals surface area (Å²) in [7, 11) is 2.24. The van der Waals surface area contributed by atoms with Crippen LogP contribution in [0.25, 0.3) is 10.2 Å². The minimum Gasteiger partial charge on any atom is -0.491 e. The third-order valence-corrected chi connectivity index (χ3v) is 15.0. The molecule has 0 bridgehead atoms. The number of imide groups is 1. The van der Waals surface area contributed by atoms with Gasteiger partial charge in [-0.3, -0.25) is 39.0 Å². The molecule has 2 fully saturated rings. The lowest BCUT2D eigenvalue weighted by Gasteiger charge is -2.46. The maximum Gasteiger partial charge on any atom is 0.421 e. The average molecular weight is 1070 g/mol. The molecule has 3 aliphatic rings. The van der Waals surface area contributed by atoms with Gasteiger partial charge in [-0.05, 0) is 82.4 Å². The predicted octanol–water partition coefficient (Wildman–Crippen LogP) is 7.92. The van der Waals surface area contributed by atoms with Crippen LogP contribution in [0.4, 0.5) is 21.3 Å². The Balaban J connectivity index is 1.23. The summed E-state index contributed by atoms with van der Waals surface area (Å²) in [6.07, 6.45) is -2.56. The zero-order chi connectivity index (χ0) is 54.7. The summed E-state index contributed by atoms with van der Waals surface area (Å²) in [6.45, 7) is -0.763. The largest absolute Gasteiger partial charge is 0.491 e. The summed E-state index contributed by atoms with van der Waals surface area (Å²) in [5.41, 5.74) is 0.340. The number of para-hydroxylation sites is 1. The SMILES string of the molecule is COC(=O)C(CC#Cc1ccc2c(c1)C1(C(=O)N2C(=O)OCc2ccc([N+](=O)[O-])cc2)C(C(=O)Nc2nc3ccccc3s2)C2C(=O)OC(c3ccccc3)C(c3ccccc3)N2C1c1ccc(OCCO)cc1)C(=O)OC. The van der Waals surface area contributed by atoms with Crippen LogP contribution in [0.15, 0.2) is 152 Å². The molecular weight excluding hydrogens is 1020 g/mol. The summed E-state index contributed by atoms with van der Waals surface area (Å²) >= 11 is 1.17. The molecule has 4 heterocycles. The number of carbonyl (C=O) groups is 6. The number of nitro groups is 1. The number of non-ortho nitro benzene ring substituents is 1. The van der Waals surface area contributed by atoms with Gasteiger partial charge in [0.1, 0.15) is 36.5 Å². The Hall–Kier alpha value is -9.29. The maximum atomic E-state index is 16.7. The van der Waals surface area contributed by atoms with Gasteiger partial charge in [0.25, 0.3) is 5.69 Å². The molecule has 3 amide bonds. The Labute approximate surface area is 449 Å². The predicted molar refractivity (Wildman–Crippen MR) is 281 cm³/mol. The van der Waals surface area contributed by atoms with Crippen molar-refractivity contribution in [2.75, 3.05) is 37.7 Å². The molecule has 78 heavy (non-hydrogen) atoms. The number of amides is 3. The van der Waals surface area contributed by atoms with Crippen LogP contribution in [0.2, 0.25) is 0 Å². The summed E-state index contributed by atoms with van der Waals surface area (Å²) < 4.78 is 28.7. The van der Waals surface area contributed by atoms with Crippen LogP contribution < -0.4 is 15.0 Å². The van der Waals surface area contributed by atoms with Crippen molar-refractivity contribution in [1.29, 1.82) is 0 Å². The second kappa shape index (κ2) is 22.1. The van der Waals surface area contributed by atoms with E-state index in [1.807, 2.05) is 65.6 Å². The molecule has 6 atom stereocenters. The van der Waals surface area contributed by atoms with Gasteiger partial charge in [-0.2, -0.15) is 0 Å². The Morgan fingerprint density at radius 3 is 2.15 bits per heavy atom. The van der Waals surface area contributed by atoms with Gasteiger partial charge in [0.05, 0.1) is 59.7 Å². The monoisotopic (exact) mass is 1070 g/mol. The number of aliphatic hydroxyl groups excluding tert-OH is 1. The van der Waals surface area contributed by atoms with Crippen molar-refractivity contribution in [2.24, 2.45) is 11.8 Å². The summed E-state index contributed by atoms with van der Waals surface area (Å²) in [4.78, 5) is 107. The van der Waals surface area contributed by atoms with Crippen molar-refractivity contribution >= 4 is 73.9 Å². The van der Waals surface area contributed by atoms with Crippen molar-refractivity contribution in [3.8, 4) is 17.6 Å². The summed E-state index contributed by atoms with van der Waals surface area (Å²) in [6, 6.07) is 38.1. The van der Waals surface area contributed by atoms with Crippen LogP contribution in [-0.4, -0.2) is 89.2 Å². The van der Waals surface area contributed by atoms with Crippen molar-refractivity contribution in [3.05, 3.63) is 195 Å². The molecular formula is C58H47N5O14S. The molecule has 0 aliphatic carbocycles. The number of aromatic nitrogens is 1. The van der Waals surface area contributed by atoms with Crippen molar-refractivity contribution in [3.63, 3.8) is 0 Å². The Kier molecular flexibility index (Phi) is 14.8. The number of benzene rings is 6. The van der Waals surface area contributed by atoms with Gasteiger partial charge >= 0.3 is 24.0 Å². The number of thiazole rings is 1. The van der Waals surface area contributed by atoms with E-state index in [1.54, 1.807) is 48.5 Å². The topological polar surface area (TPSA) is 243 Å². The van der Waals surface area contributed by atoms with E-state index in [9.17, 15) is 29.6 Å². The number of rotatable bonds is 14. The molecule has 0 radical (unpaired) electrons. The number of nitro benzene ring substituents is 1. The first-order valence-corrected chi connectivity index (χ1v) is 25.3. The molecule has 2 N–H and O–H groups in total. The van der Waals surface area contributed by atoms with E-state index in [4.69, 9.17) is 28.7 Å². The zero-order valence-corrected chi connectivity index (χ0v) is 42.5. The highest BCUT2D eigenvalue weighted by atomic mass is 32.1. The number of nitrogens with one attached hydrogen (secondary N) is 1. The number of hydrogen-bond acceptors (Lipinski definition) is 17. The molecule has 6 aromatic carbocycles.